The van der Waals surface area contributed by atoms with Crippen LogP contribution in [0.3, 0.4) is 0 Å². The first-order valence-corrected chi connectivity index (χ1v) is 35.7. The average molecular weight is 1820 g/mol. The van der Waals surface area contributed by atoms with Crippen molar-refractivity contribution >= 4 is 174 Å². The molecule has 0 amide bonds. The molecule has 580 valence electrons. The fourth-order valence-corrected chi connectivity index (χ4v) is 11.0. The van der Waals surface area contributed by atoms with E-state index in [1.165, 1.54) is 36.4 Å². The van der Waals surface area contributed by atoms with Crippen LogP contribution in [0.5, 0.6) is 0 Å². The molecule has 0 aromatic heterocycles. The van der Waals surface area contributed by atoms with Gasteiger partial charge < -0.3 is 102 Å². The quantitative estimate of drug-likeness (QED) is 0.0370. The second-order valence-corrected chi connectivity index (χ2v) is 25.7. The molecule has 12 aromatic rings. The van der Waals surface area contributed by atoms with Crippen LogP contribution >= 0.6 is 69.6 Å². The van der Waals surface area contributed by atoms with Crippen LogP contribution in [-0.4, -0.2) is 60.2 Å². The molecule has 12 aromatic carbocycles. The summed E-state index contributed by atoms with van der Waals surface area (Å²) in [6.07, 6.45) is 0. The molecule has 0 aliphatic carbocycles. The van der Waals surface area contributed by atoms with E-state index in [0.717, 1.165) is 81.7 Å². The number of carboxylic acids is 6. The van der Waals surface area contributed by atoms with Crippen LogP contribution in [0.1, 0.15) is 95.5 Å². The van der Waals surface area contributed by atoms with Gasteiger partial charge in [0.25, 0.3) is 0 Å². The first-order valence-electron chi connectivity index (χ1n) is 33.4. The van der Waals surface area contributed by atoms with Crippen molar-refractivity contribution in [3.63, 3.8) is 0 Å². The number of nitrogens with one attached hydrogen (secondary N) is 6. The summed E-state index contributed by atoms with van der Waals surface area (Å²) in [5.41, 5.74) is 13.5. The van der Waals surface area contributed by atoms with Crippen molar-refractivity contribution in [2.75, 3.05) is 46.1 Å². The van der Waals surface area contributed by atoms with Crippen molar-refractivity contribution in [3.8, 4) is 0 Å². The number of hydrogen-bond donors (Lipinski definition) is 8. The number of anilines is 12. The van der Waals surface area contributed by atoms with Gasteiger partial charge in [-0.05, 0) is 184 Å². The number of rotatable bonds is 18. The number of hydrogen-bond acceptors (Lipinski definition) is 20. The summed E-state index contributed by atoms with van der Waals surface area (Å²) in [4.78, 5) is 65.9. The fourth-order valence-electron chi connectivity index (χ4n) is 9.95. The monoisotopic (exact) mass is 1820 g/mol. The van der Waals surface area contributed by atoms with Gasteiger partial charge in [0.05, 0.1) is 35.8 Å². The summed E-state index contributed by atoms with van der Waals surface area (Å²) in [6.45, 7) is 11.2. The molecule has 115 heavy (non-hydrogen) atoms. The average Bonchev–Trinajstić information content (AvgIpc) is 0.860. The number of benzene rings is 12. The predicted octanol–water partition coefficient (Wildman–Crippen LogP) is 15.7. The molecule has 0 heterocycles. The molecule has 0 radical (unpaired) electrons. The molecular formula is C86H74Cl6N6O14Zn3. The number of aromatic carboxylic acids is 6. The third-order valence-electron chi connectivity index (χ3n) is 16.1. The van der Waals surface area contributed by atoms with E-state index in [1.54, 1.807) is 182 Å². The number of carbonyl (C=O) groups excluding carboxylic acids is 6. The van der Waals surface area contributed by atoms with Gasteiger partial charge in [-0.2, -0.15) is 0 Å². The second-order valence-electron chi connectivity index (χ2n) is 23.2. The minimum Gasteiger partial charge on any atom is -0.545 e. The fraction of sp³-hybridized carbons (Fsp3) is 0.0930. The van der Waals surface area contributed by atoms with Crippen molar-refractivity contribution < 1.29 is 128 Å². The summed E-state index contributed by atoms with van der Waals surface area (Å²) < 4.78 is 0. The number of halogens is 6. The molecule has 29 heteroatoms. The molecule has 0 atom stereocenters. The Hall–Kier alpha value is -10.2. The summed E-state index contributed by atoms with van der Waals surface area (Å²) in [5, 5.41) is 102. The van der Waals surface area contributed by atoms with E-state index < -0.39 is 35.8 Å². The summed E-state index contributed by atoms with van der Waals surface area (Å²) >= 11 is 36.1. The molecule has 20 nitrogen and oxygen atoms in total. The van der Waals surface area contributed by atoms with Gasteiger partial charge in [0, 0.05) is 146 Å². The van der Waals surface area contributed by atoms with Crippen LogP contribution in [-0.2, 0) is 58.4 Å². The molecule has 0 unspecified atom stereocenters. The molecule has 0 spiro atoms. The number of para-hydroxylation sites is 6. The number of aliphatic hydroxyl groups is 2. The Balaban J connectivity index is 0.000000461. The van der Waals surface area contributed by atoms with Gasteiger partial charge in [-0.1, -0.05) is 215 Å². The first kappa shape index (κ1) is 101. The maximum Gasteiger partial charge on any atom is 2.00 e. The van der Waals surface area contributed by atoms with Gasteiger partial charge in [0.2, 0.25) is 0 Å². The van der Waals surface area contributed by atoms with Crippen LogP contribution in [0, 0.1) is 41.5 Å². The zero-order valence-electron chi connectivity index (χ0n) is 63.4. The van der Waals surface area contributed by atoms with Crippen molar-refractivity contribution in [3.05, 3.63) is 352 Å². The minimum absolute atomic E-state index is 0. The largest absolute Gasteiger partial charge is 2.00 e. The van der Waals surface area contributed by atoms with Gasteiger partial charge in [-0.25, -0.2) is 0 Å². The Morgan fingerprint density at radius 1 is 0.200 bits per heavy atom. The van der Waals surface area contributed by atoms with Gasteiger partial charge in [-0.15, -0.1) is 0 Å². The summed E-state index contributed by atoms with van der Waals surface area (Å²) in [6, 6.07) is 72.2. The minimum atomic E-state index is -1.21. The molecule has 12 rings (SSSR count). The second kappa shape index (κ2) is 51.6. The Labute approximate surface area is 734 Å². The zero-order valence-corrected chi connectivity index (χ0v) is 76.9. The molecular weight excluding hydrogens is 1750 g/mol. The van der Waals surface area contributed by atoms with Gasteiger partial charge in [0.1, 0.15) is 0 Å². The topological polar surface area (TPSA) is 353 Å². The summed E-state index contributed by atoms with van der Waals surface area (Å²) in [5.74, 6) is -7.26. The van der Waals surface area contributed by atoms with E-state index >= 15 is 0 Å². The van der Waals surface area contributed by atoms with Crippen molar-refractivity contribution in [1.82, 2.24) is 0 Å². The SMILES string of the molecule is CO.CO.Cc1c(Cl)cccc1Nc1ccccc1C(=O)[O-].Cc1c(Cl)cccc1Nc1ccccc1C(=O)[O-].Cc1c(Cl)cccc1Nc1ccccc1C(=O)[O-].Cc1c(Cl)cccc1Nc1ccccc1C(=O)[O-].Cc1c(Cl)cccc1Nc1ccccc1C(=O)[O-].Cc1c(Cl)cccc1Nc1ccccc1C(=O)[O-].[Zn+2].[Zn+2].[Zn+2]. The number of carboxylic acid groups (broad SMARTS) is 6. The third kappa shape index (κ3) is 30.5. The van der Waals surface area contributed by atoms with Gasteiger partial charge in [0.15, 0.2) is 0 Å². The van der Waals surface area contributed by atoms with E-state index in [0.29, 0.717) is 64.3 Å². The van der Waals surface area contributed by atoms with E-state index in [1.807, 2.05) is 77.9 Å². The molecule has 0 aliphatic heterocycles. The van der Waals surface area contributed by atoms with Crippen LogP contribution in [0.25, 0.3) is 0 Å². The van der Waals surface area contributed by atoms with Gasteiger partial charge in [-0.3, -0.25) is 0 Å². The third-order valence-corrected chi connectivity index (χ3v) is 18.6. The molecule has 0 saturated heterocycles. The normalized spacial score (nSPS) is 9.60. The van der Waals surface area contributed by atoms with Crippen molar-refractivity contribution in [2.45, 2.75) is 41.5 Å². The molecule has 0 saturated carbocycles. The van der Waals surface area contributed by atoms with E-state index in [-0.39, 0.29) is 91.8 Å². The first-order chi connectivity index (χ1) is 53.6. The van der Waals surface area contributed by atoms with E-state index in [9.17, 15) is 59.4 Å². The molecule has 0 aliphatic rings. The van der Waals surface area contributed by atoms with Crippen molar-refractivity contribution in [2.24, 2.45) is 0 Å². The Morgan fingerprint density at radius 2 is 0.304 bits per heavy atom. The standard InChI is InChI=1S/6C14H12ClNO2.2CH4O.3Zn/c6*1-9-11(15)6-4-8-12(9)16-13-7-3-2-5-10(13)14(17)18;2*1-2;;;/h6*2-8,16H,1H3,(H,17,18);2*2H,1H3;;;/q;;;;;;;;3*+2/p-6. The van der Waals surface area contributed by atoms with E-state index in [4.69, 9.17) is 79.8 Å². The smallest absolute Gasteiger partial charge is 0.545 e. The Morgan fingerprint density at radius 3 is 0.417 bits per heavy atom. The molecule has 8 N–H and O–H groups in total. The van der Waals surface area contributed by atoms with Crippen LogP contribution in [0.15, 0.2) is 255 Å². The predicted molar refractivity (Wildman–Crippen MR) is 438 cm³/mol. The zero-order chi connectivity index (χ0) is 82.7. The van der Waals surface area contributed by atoms with Crippen LogP contribution < -0.4 is 62.5 Å². The van der Waals surface area contributed by atoms with Crippen molar-refractivity contribution in [1.29, 1.82) is 0 Å². The number of carbonyl (C=O) groups is 6. The van der Waals surface area contributed by atoms with Gasteiger partial charge >= 0.3 is 58.4 Å². The molecule has 0 fully saturated rings. The molecule has 0 bridgehead atoms. The Bertz CT molecular complexity index is 4430. The van der Waals surface area contributed by atoms with E-state index in [2.05, 4.69) is 31.9 Å². The van der Waals surface area contributed by atoms with Crippen LogP contribution in [0.2, 0.25) is 30.1 Å². The number of aliphatic hydroxyl groups excluding tert-OH is 2. The maximum absolute atomic E-state index is 11.0. The maximum atomic E-state index is 11.0. The summed E-state index contributed by atoms with van der Waals surface area (Å²) in [7, 11) is 2.00. The van der Waals surface area contributed by atoms with Crippen LogP contribution in [0.4, 0.5) is 68.2 Å². The Kier molecular flexibility index (Phi) is 45.3.